The summed E-state index contributed by atoms with van der Waals surface area (Å²) in [6.07, 6.45) is 12.1. The molecule has 1 aliphatic rings. The summed E-state index contributed by atoms with van der Waals surface area (Å²) in [6, 6.07) is 9.16. The molecule has 5 rings (SSSR count). The van der Waals surface area contributed by atoms with Gasteiger partial charge in [-0.2, -0.15) is 0 Å². The maximum absolute atomic E-state index is 4.77. The van der Waals surface area contributed by atoms with Gasteiger partial charge in [0.25, 0.3) is 0 Å². The van der Waals surface area contributed by atoms with Crippen molar-refractivity contribution in [1.82, 2.24) is 19.5 Å². The number of fused-ring (bicyclic) bond motifs is 2. The van der Waals surface area contributed by atoms with Gasteiger partial charge < -0.3 is 9.88 Å². The maximum Gasteiger partial charge on any atom is 0.184 e. The fourth-order valence-corrected chi connectivity index (χ4v) is 4.80. The average Bonchev–Trinajstić information content (AvgIpc) is 3.26. The SMILES string of the molecule is c1cc2c(cn1)ncn2Cc1ccc2nc(NC3CCCCC3)sc2c1. The summed E-state index contributed by atoms with van der Waals surface area (Å²) in [7, 11) is 0. The lowest BCUT2D eigenvalue weighted by Gasteiger charge is -2.22. The molecule has 1 saturated carbocycles. The van der Waals surface area contributed by atoms with Crippen LogP contribution in [0.5, 0.6) is 0 Å². The molecular weight excluding hydrogens is 342 g/mol. The van der Waals surface area contributed by atoms with Crippen LogP contribution in [0.15, 0.2) is 43.0 Å². The highest BCUT2D eigenvalue weighted by Crippen LogP contribution is 2.30. The molecule has 1 aliphatic carbocycles. The van der Waals surface area contributed by atoms with Gasteiger partial charge in [-0.3, -0.25) is 4.98 Å². The average molecular weight is 363 g/mol. The molecule has 26 heavy (non-hydrogen) atoms. The minimum absolute atomic E-state index is 0.592. The molecular formula is C20H21N5S. The topological polar surface area (TPSA) is 55.6 Å². The molecule has 6 heteroatoms. The number of aromatic nitrogens is 4. The van der Waals surface area contributed by atoms with E-state index in [4.69, 9.17) is 4.98 Å². The Morgan fingerprint density at radius 2 is 2.04 bits per heavy atom. The zero-order chi connectivity index (χ0) is 17.3. The standard InChI is InChI=1S/C20H21N5S/c1-2-4-15(5-3-1)23-20-24-16-7-6-14(10-19(16)26-20)12-25-13-22-17-11-21-9-8-18(17)25/h6-11,13,15H,1-5,12H2,(H,23,24). The minimum Gasteiger partial charge on any atom is -0.359 e. The number of thiazole rings is 1. The third-order valence-electron chi connectivity index (χ3n) is 5.16. The summed E-state index contributed by atoms with van der Waals surface area (Å²) in [5.74, 6) is 0. The summed E-state index contributed by atoms with van der Waals surface area (Å²) in [5.41, 5.74) is 4.40. The van der Waals surface area contributed by atoms with Crippen LogP contribution in [0.3, 0.4) is 0 Å². The van der Waals surface area contributed by atoms with Crippen molar-refractivity contribution >= 4 is 37.7 Å². The Labute approximate surface area is 156 Å². The lowest BCUT2D eigenvalue weighted by atomic mass is 9.96. The molecule has 1 aromatic carbocycles. The molecule has 0 aliphatic heterocycles. The van der Waals surface area contributed by atoms with Crippen LogP contribution in [0.25, 0.3) is 21.3 Å². The van der Waals surface area contributed by atoms with Gasteiger partial charge >= 0.3 is 0 Å². The normalized spacial score (nSPS) is 15.7. The Bertz CT molecular complexity index is 1040. The summed E-state index contributed by atoms with van der Waals surface area (Å²) in [5, 5.41) is 4.70. The predicted octanol–water partition coefficient (Wildman–Crippen LogP) is 4.83. The molecule has 0 amide bonds. The number of hydrogen-bond acceptors (Lipinski definition) is 5. The Morgan fingerprint density at radius 1 is 1.12 bits per heavy atom. The Hall–Kier alpha value is -2.47. The Morgan fingerprint density at radius 3 is 2.96 bits per heavy atom. The number of pyridine rings is 1. The largest absolute Gasteiger partial charge is 0.359 e. The zero-order valence-corrected chi connectivity index (χ0v) is 15.4. The summed E-state index contributed by atoms with van der Waals surface area (Å²) < 4.78 is 3.41. The molecule has 0 spiro atoms. The highest BCUT2D eigenvalue weighted by molar-refractivity contribution is 7.22. The number of benzene rings is 1. The number of nitrogens with zero attached hydrogens (tertiary/aromatic N) is 4. The molecule has 132 valence electrons. The van der Waals surface area contributed by atoms with Crippen LogP contribution in [0.1, 0.15) is 37.7 Å². The van der Waals surface area contributed by atoms with Crippen LogP contribution in [-0.2, 0) is 6.54 Å². The first-order valence-electron chi connectivity index (χ1n) is 9.26. The quantitative estimate of drug-likeness (QED) is 0.564. The van der Waals surface area contributed by atoms with Gasteiger partial charge in [0.2, 0.25) is 0 Å². The van der Waals surface area contributed by atoms with Crippen molar-refractivity contribution in [3.05, 3.63) is 48.5 Å². The fourth-order valence-electron chi connectivity index (χ4n) is 3.79. The third kappa shape index (κ3) is 3.05. The van der Waals surface area contributed by atoms with Gasteiger partial charge in [0.1, 0.15) is 5.52 Å². The zero-order valence-electron chi connectivity index (χ0n) is 14.6. The van der Waals surface area contributed by atoms with Gasteiger partial charge in [-0.05, 0) is 36.6 Å². The number of rotatable bonds is 4. The molecule has 0 unspecified atom stereocenters. The first-order chi connectivity index (χ1) is 12.8. The molecule has 0 atom stereocenters. The van der Waals surface area contributed by atoms with Gasteiger partial charge in [-0.25, -0.2) is 9.97 Å². The highest BCUT2D eigenvalue weighted by atomic mass is 32.1. The van der Waals surface area contributed by atoms with E-state index >= 15 is 0 Å². The van der Waals surface area contributed by atoms with Crippen molar-refractivity contribution in [2.45, 2.75) is 44.7 Å². The van der Waals surface area contributed by atoms with E-state index in [-0.39, 0.29) is 0 Å². The molecule has 0 saturated heterocycles. The first kappa shape index (κ1) is 15.8. The molecule has 0 radical (unpaired) electrons. The Kier molecular flexibility index (Phi) is 4.05. The number of hydrogen-bond donors (Lipinski definition) is 1. The summed E-state index contributed by atoms with van der Waals surface area (Å²) in [4.78, 5) is 13.3. The van der Waals surface area contributed by atoms with Crippen molar-refractivity contribution in [3.63, 3.8) is 0 Å². The highest BCUT2D eigenvalue weighted by Gasteiger charge is 2.15. The lowest BCUT2D eigenvalue weighted by molar-refractivity contribution is 0.462. The van der Waals surface area contributed by atoms with E-state index in [2.05, 4.69) is 38.1 Å². The van der Waals surface area contributed by atoms with Crippen molar-refractivity contribution in [2.24, 2.45) is 0 Å². The van der Waals surface area contributed by atoms with Crippen LogP contribution < -0.4 is 5.32 Å². The van der Waals surface area contributed by atoms with E-state index in [1.54, 1.807) is 17.5 Å². The molecule has 5 nitrogen and oxygen atoms in total. The van der Waals surface area contributed by atoms with Crippen LogP contribution in [0.4, 0.5) is 5.13 Å². The number of imidazole rings is 1. The second-order valence-electron chi connectivity index (χ2n) is 7.04. The number of nitrogens with one attached hydrogen (secondary N) is 1. The molecule has 4 aromatic rings. The monoisotopic (exact) mass is 363 g/mol. The van der Waals surface area contributed by atoms with Gasteiger partial charge in [-0.15, -0.1) is 0 Å². The molecule has 0 bridgehead atoms. The third-order valence-corrected chi connectivity index (χ3v) is 6.11. The van der Waals surface area contributed by atoms with Gasteiger partial charge in [0.05, 0.1) is 28.3 Å². The molecule has 1 fully saturated rings. The minimum atomic E-state index is 0.592. The second-order valence-corrected chi connectivity index (χ2v) is 8.07. The first-order valence-corrected chi connectivity index (χ1v) is 10.1. The molecule has 3 aromatic heterocycles. The van der Waals surface area contributed by atoms with E-state index < -0.39 is 0 Å². The maximum atomic E-state index is 4.77. The summed E-state index contributed by atoms with van der Waals surface area (Å²) in [6.45, 7) is 0.805. The smallest absolute Gasteiger partial charge is 0.184 e. The van der Waals surface area contributed by atoms with E-state index in [9.17, 15) is 0 Å². The van der Waals surface area contributed by atoms with Crippen molar-refractivity contribution in [2.75, 3.05) is 5.32 Å². The predicted molar refractivity (Wildman–Crippen MR) is 107 cm³/mol. The lowest BCUT2D eigenvalue weighted by Crippen LogP contribution is -2.21. The summed E-state index contributed by atoms with van der Waals surface area (Å²) >= 11 is 1.76. The van der Waals surface area contributed by atoms with Crippen LogP contribution in [0, 0.1) is 0 Å². The van der Waals surface area contributed by atoms with E-state index in [1.165, 1.54) is 42.4 Å². The second kappa shape index (κ2) is 6.68. The van der Waals surface area contributed by atoms with Crippen molar-refractivity contribution < 1.29 is 0 Å². The number of anilines is 1. The Balaban J connectivity index is 1.39. The molecule has 1 N–H and O–H groups in total. The van der Waals surface area contributed by atoms with Crippen molar-refractivity contribution in [1.29, 1.82) is 0 Å². The van der Waals surface area contributed by atoms with Gasteiger partial charge in [0.15, 0.2) is 5.13 Å². The van der Waals surface area contributed by atoms with Gasteiger partial charge in [0, 0.05) is 18.8 Å². The van der Waals surface area contributed by atoms with E-state index in [0.717, 1.165) is 28.2 Å². The fraction of sp³-hybridized carbons (Fsp3) is 0.350. The van der Waals surface area contributed by atoms with Crippen LogP contribution in [-0.4, -0.2) is 25.6 Å². The van der Waals surface area contributed by atoms with Crippen LogP contribution in [0.2, 0.25) is 0 Å². The van der Waals surface area contributed by atoms with Crippen molar-refractivity contribution in [3.8, 4) is 0 Å². The molecule has 3 heterocycles. The van der Waals surface area contributed by atoms with E-state index in [0.29, 0.717) is 6.04 Å². The van der Waals surface area contributed by atoms with Crippen LogP contribution >= 0.6 is 11.3 Å². The van der Waals surface area contributed by atoms with E-state index in [1.807, 2.05) is 18.6 Å². The van der Waals surface area contributed by atoms with Gasteiger partial charge in [-0.1, -0.05) is 36.7 Å².